The third kappa shape index (κ3) is 2.30. The van der Waals surface area contributed by atoms with Crippen molar-refractivity contribution < 1.29 is 4.74 Å². The molecule has 0 aliphatic carbocycles. The van der Waals surface area contributed by atoms with Crippen LogP contribution in [0.15, 0.2) is 18.3 Å². The maximum absolute atomic E-state index is 6.13. The minimum Gasteiger partial charge on any atom is -0.385 e. The van der Waals surface area contributed by atoms with Crippen molar-refractivity contribution in [2.75, 3.05) is 13.7 Å². The Kier molecular flexibility index (Phi) is 3.71. The lowest BCUT2D eigenvalue weighted by Gasteiger charge is -2.12. The van der Waals surface area contributed by atoms with E-state index in [1.165, 1.54) is 0 Å². The van der Waals surface area contributed by atoms with E-state index in [1.54, 1.807) is 13.3 Å². The van der Waals surface area contributed by atoms with Gasteiger partial charge in [-0.2, -0.15) is 0 Å². The summed E-state index contributed by atoms with van der Waals surface area (Å²) in [6.45, 7) is 3.54. The number of aryl methyl sites for hydroxylation is 1. The number of imidazole rings is 1. The monoisotopic (exact) mass is 234 g/mol. The predicted octanol–water partition coefficient (Wildman–Crippen LogP) is 1.49. The van der Waals surface area contributed by atoms with Crippen LogP contribution in [0.3, 0.4) is 0 Å². The number of nitrogens with two attached hydrogens (primary N) is 1. The normalized spacial score (nSPS) is 13.1. The molecule has 5 heteroatoms. The number of pyridine rings is 1. The van der Waals surface area contributed by atoms with E-state index < -0.39 is 0 Å². The fraction of sp³-hybridized carbons (Fsp3) is 0.500. The Morgan fingerprint density at radius 2 is 2.35 bits per heavy atom. The Morgan fingerprint density at radius 1 is 1.53 bits per heavy atom. The van der Waals surface area contributed by atoms with Crippen LogP contribution in [0.1, 0.15) is 25.2 Å². The predicted molar refractivity (Wildman–Crippen MR) is 66.6 cm³/mol. The Morgan fingerprint density at radius 3 is 3.06 bits per heavy atom. The van der Waals surface area contributed by atoms with E-state index in [-0.39, 0.29) is 6.04 Å². The van der Waals surface area contributed by atoms with E-state index in [0.717, 1.165) is 30.0 Å². The van der Waals surface area contributed by atoms with Gasteiger partial charge in [0.05, 0.1) is 6.04 Å². The minimum absolute atomic E-state index is 0.107. The molecule has 0 aromatic carbocycles. The maximum Gasteiger partial charge on any atom is 0.160 e. The lowest BCUT2D eigenvalue weighted by atomic mass is 10.2. The number of nitrogens with zero attached hydrogens (tertiary/aromatic N) is 3. The van der Waals surface area contributed by atoms with Crippen molar-refractivity contribution in [1.29, 1.82) is 0 Å². The van der Waals surface area contributed by atoms with Crippen LogP contribution in [0.25, 0.3) is 11.2 Å². The average Bonchev–Trinajstić information content (AvgIpc) is 2.74. The number of fused-ring (bicyclic) bond motifs is 1. The second kappa shape index (κ2) is 5.25. The van der Waals surface area contributed by atoms with Crippen molar-refractivity contribution >= 4 is 11.2 Å². The molecule has 0 aliphatic heterocycles. The van der Waals surface area contributed by atoms with Gasteiger partial charge in [-0.1, -0.05) is 0 Å². The fourth-order valence-electron chi connectivity index (χ4n) is 1.94. The van der Waals surface area contributed by atoms with Gasteiger partial charge in [-0.05, 0) is 25.5 Å². The molecule has 92 valence electrons. The average molecular weight is 234 g/mol. The highest BCUT2D eigenvalue weighted by molar-refractivity contribution is 5.71. The van der Waals surface area contributed by atoms with Crippen LogP contribution in [0.2, 0.25) is 0 Å². The quantitative estimate of drug-likeness (QED) is 0.851. The lowest BCUT2D eigenvalue weighted by Crippen LogP contribution is -2.18. The molecule has 2 rings (SSSR count). The highest BCUT2D eigenvalue weighted by atomic mass is 16.5. The summed E-state index contributed by atoms with van der Waals surface area (Å²) in [5.74, 6) is 0.887. The molecule has 2 N–H and O–H groups in total. The molecule has 0 saturated carbocycles. The summed E-state index contributed by atoms with van der Waals surface area (Å²) in [5.41, 5.74) is 7.93. The molecule has 5 nitrogen and oxygen atoms in total. The first-order valence-electron chi connectivity index (χ1n) is 5.83. The Balaban J connectivity index is 2.38. The molecule has 0 bridgehead atoms. The summed E-state index contributed by atoms with van der Waals surface area (Å²) in [6, 6.07) is 3.74. The summed E-state index contributed by atoms with van der Waals surface area (Å²) >= 11 is 0. The molecule has 0 fully saturated rings. The van der Waals surface area contributed by atoms with E-state index in [2.05, 4.69) is 21.5 Å². The third-order valence-corrected chi connectivity index (χ3v) is 2.81. The molecule has 0 aliphatic rings. The van der Waals surface area contributed by atoms with Crippen LogP contribution in [0.5, 0.6) is 0 Å². The Hall–Kier alpha value is -1.46. The largest absolute Gasteiger partial charge is 0.385 e. The van der Waals surface area contributed by atoms with Crippen LogP contribution in [0.4, 0.5) is 0 Å². The number of ether oxygens (including phenoxy) is 1. The molecule has 2 aromatic heterocycles. The van der Waals surface area contributed by atoms with Gasteiger partial charge in [-0.15, -0.1) is 0 Å². The number of hydrogen-bond acceptors (Lipinski definition) is 4. The van der Waals surface area contributed by atoms with Crippen LogP contribution in [-0.2, 0) is 11.3 Å². The van der Waals surface area contributed by atoms with Crippen molar-refractivity contribution in [3.63, 3.8) is 0 Å². The van der Waals surface area contributed by atoms with Gasteiger partial charge in [0.1, 0.15) is 11.3 Å². The highest BCUT2D eigenvalue weighted by Gasteiger charge is 2.16. The highest BCUT2D eigenvalue weighted by Crippen LogP contribution is 2.19. The topological polar surface area (TPSA) is 66.0 Å². The van der Waals surface area contributed by atoms with Crippen LogP contribution < -0.4 is 5.73 Å². The van der Waals surface area contributed by atoms with Crippen molar-refractivity contribution in [2.24, 2.45) is 5.73 Å². The molecular formula is C12H18N4O. The van der Waals surface area contributed by atoms with E-state index in [9.17, 15) is 0 Å². The minimum atomic E-state index is -0.107. The van der Waals surface area contributed by atoms with Crippen molar-refractivity contribution in [3.05, 3.63) is 24.2 Å². The van der Waals surface area contributed by atoms with Crippen LogP contribution in [-0.4, -0.2) is 28.3 Å². The lowest BCUT2D eigenvalue weighted by molar-refractivity contribution is 0.186. The van der Waals surface area contributed by atoms with Gasteiger partial charge in [-0.3, -0.25) is 0 Å². The van der Waals surface area contributed by atoms with Crippen molar-refractivity contribution in [3.8, 4) is 0 Å². The molecule has 0 amide bonds. The Bertz CT molecular complexity index is 494. The molecule has 2 aromatic rings. The summed E-state index contributed by atoms with van der Waals surface area (Å²) in [5, 5.41) is 0. The molecule has 2 heterocycles. The molecule has 0 saturated heterocycles. The zero-order chi connectivity index (χ0) is 12.3. The zero-order valence-electron chi connectivity index (χ0n) is 10.3. The summed E-state index contributed by atoms with van der Waals surface area (Å²) in [6.07, 6.45) is 2.54. The number of methoxy groups -OCH3 is 1. The van der Waals surface area contributed by atoms with Gasteiger partial charge in [0.15, 0.2) is 5.65 Å². The van der Waals surface area contributed by atoms with E-state index >= 15 is 0 Å². The second-order valence-electron chi connectivity index (χ2n) is 3.95. The summed E-state index contributed by atoms with van der Waals surface area (Å²) in [4.78, 5) is 8.91. The van der Waals surface area contributed by atoms with Gasteiger partial charge >= 0.3 is 0 Å². The smallest absolute Gasteiger partial charge is 0.160 e. The molecule has 0 radical (unpaired) electrons. The van der Waals surface area contributed by atoms with E-state index in [1.807, 2.05) is 12.1 Å². The first kappa shape index (κ1) is 12.0. The van der Waals surface area contributed by atoms with Gasteiger partial charge in [-0.25, -0.2) is 9.97 Å². The molecule has 1 unspecified atom stereocenters. The SMILES string of the molecule is CCn1c(C(N)CCOC)nc2cccnc21. The van der Waals surface area contributed by atoms with Crippen molar-refractivity contribution in [2.45, 2.75) is 25.9 Å². The van der Waals surface area contributed by atoms with Gasteiger partial charge in [0, 0.05) is 26.5 Å². The number of hydrogen-bond donors (Lipinski definition) is 1. The second-order valence-corrected chi connectivity index (χ2v) is 3.95. The first-order chi connectivity index (χ1) is 8.27. The molecule has 17 heavy (non-hydrogen) atoms. The van der Waals surface area contributed by atoms with Crippen LogP contribution in [0, 0.1) is 0 Å². The summed E-state index contributed by atoms with van der Waals surface area (Å²) < 4.78 is 7.11. The van der Waals surface area contributed by atoms with Crippen molar-refractivity contribution in [1.82, 2.24) is 14.5 Å². The molecular weight excluding hydrogens is 216 g/mol. The third-order valence-electron chi connectivity index (χ3n) is 2.81. The number of rotatable bonds is 5. The Labute approximate surface area is 101 Å². The number of aromatic nitrogens is 3. The van der Waals surface area contributed by atoms with E-state index in [4.69, 9.17) is 10.5 Å². The molecule has 0 spiro atoms. The van der Waals surface area contributed by atoms with E-state index in [0.29, 0.717) is 6.61 Å². The van der Waals surface area contributed by atoms with Gasteiger partial charge < -0.3 is 15.0 Å². The molecule has 1 atom stereocenters. The standard InChI is InChI=1S/C12H18N4O/c1-3-16-11(9(13)6-8-17-2)15-10-5-4-7-14-12(10)16/h4-5,7,9H,3,6,8,13H2,1-2H3. The van der Waals surface area contributed by atoms with Gasteiger partial charge in [0.2, 0.25) is 0 Å². The fourth-order valence-corrected chi connectivity index (χ4v) is 1.94. The van der Waals surface area contributed by atoms with Gasteiger partial charge in [0.25, 0.3) is 0 Å². The van der Waals surface area contributed by atoms with Crippen LogP contribution >= 0.6 is 0 Å². The summed E-state index contributed by atoms with van der Waals surface area (Å²) in [7, 11) is 1.68. The maximum atomic E-state index is 6.13. The zero-order valence-corrected chi connectivity index (χ0v) is 10.3. The first-order valence-corrected chi connectivity index (χ1v) is 5.83.